The van der Waals surface area contributed by atoms with Gasteiger partial charge < -0.3 is 9.74 Å². The monoisotopic (exact) mass is 467 g/mol. The molecule has 0 aliphatic heterocycles. The summed E-state index contributed by atoms with van der Waals surface area (Å²) in [7, 11) is 1.55. The highest BCUT2D eigenvalue weighted by atomic mass is 16.7. The molecule has 0 amide bonds. The Morgan fingerprint density at radius 3 is 1.77 bits per heavy atom. The van der Waals surface area contributed by atoms with Gasteiger partial charge in [0.15, 0.2) is 0 Å². The van der Waals surface area contributed by atoms with Gasteiger partial charge in [0.25, 0.3) is 0 Å². The number of rotatable bonds is 11. The van der Waals surface area contributed by atoms with Crippen LogP contribution < -0.4 is 15.9 Å². The third kappa shape index (κ3) is 6.93. The van der Waals surface area contributed by atoms with E-state index in [1.54, 1.807) is 7.11 Å². The molecule has 2 N–H and O–H groups in total. The molecular formula is C30H33N3O2. The summed E-state index contributed by atoms with van der Waals surface area (Å²) >= 11 is 0. The minimum absolute atomic E-state index is 0.259. The summed E-state index contributed by atoms with van der Waals surface area (Å²) in [6.45, 7) is 4.49. The molecule has 5 heteroatoms. The summed E-state index contributed by atoms with van der Waals surface area (Å²) in [5.74, 6) is 0. The van der Waals surface area contributed by atoms with E-state index in [1.807, 2.05) is 12.1 Å². The summed E-state index contributed by atoms with van der Waals surface area (Å²) in [6.07, 6.45) is 1.91. The van der Waals surface area contributed by atoms with Crippen molar-refractivity contribution in [2.24, 2.45) is 0 Å². The van der Waals surface area contributed by atoms with Crippen LogP contribution in [-0.4, -0.2) is 13.8 Å². The molecule has 0 heterocycles. The summed E-state index contributed by atoms with van der Waals surface area (Å²) in [6, 6.07) is 34.5. The highest BCUT2D eigenvalue weighted by Gasteiger charge is 2.12. The Kier molecular flexibility index (Phi) is 8.52. The van der Waals surface area contributed by atoms with E-state index in [1.165, 1.54) is 22.3 Å². The molecule has 0 aliphatic carbocycles. The third-order valence-corrected chi connectivity index (χ3v) is 5.87. The van der Waals surface area contributed by atoms with Crippen LogP contribution in [0.2, 0.25) is 0 Å². The van der Waals surface area contributed by atoms with Gasteiger partial charge in [0, 0.05) is 17.1 Å². The molecule has 0 saturated heterocycles. The first-order valence-corrected chi connectivity index (χ1v) is 11.9. The zero-order valence-corrected chi connectivity index (χ0v) is 20.6. The highest BCUT2D eigenvalue weighted by molar-refractivity contribution is 5.76. The molecule has 5 nitrogen and oxygen atoms in total. The van der Waals surface area contributed by atoms with Gasteiger partial charge in [-0.1, -0.05) is 59.7 Å². The van der Waals surface area contributed by atoms with Gasteiger partial charge in [-0.05, 0) is 86.3 Å². The van der Waals surface area contributed by atoms with Gasteiger partial charge in [0.2, 0.25) is 0 Å². The first-order chi connectivity index (χ1) is 17.1. The van der Waals surface area contributed by atoms with Crippen LogP contribution in [0.15, 0.2) is 97.1 Å². The minimum atomic E-state index is 0.259. The second-order valence-corrected chi connectivity index (χ2v) is 8.61. The molecule has 0 aromatic heterocycles. The maximum absolute atomic E-state index is 5.31. The van der Waals surface area contributed by atoms with Crippen LogP contribution in [0.5, 0.6) is 0 Å². The number of hydrogen-bond donors (Lipinski definition) is 2. The second kappa shape index (κ2) is 12.2. The average Bonchev–Trinajstić information content (AvgIpc) is 2.89. The molecule has 0 unspecified atom stereocenters. The fourth-order valence-corrected chi connectivity index (χ4v) is 3.93. The van der Waals surface area contributed by atoms with Crippen molar-refractivity contribution >= 4 is 22.7 Å². The van der Waals surface area contributed by atoms with Crippen LogP contribution >= 0.6 is 0 Å². The third-order valence-electron chi connectivity index (χ3n) is 5.87. The number of anilines is 4. The SMILES string of the molecule is CONCONc1cccc(CCc2ccc(N(c3ccc(C)cc3)c3ccc(C)cc3)cc2)c1. The van der Waals surface area contributed by atoms with Crippen LogP contribution in [0, 0.1) is 13.8 Å². The second-order valence-electron chi connectivity index (χ2n) is 8.61. The maximum Gasteiger partial charge on any atom is 0.147 e. The Bertz CT molecular complexity index is 1140. The number of nitrogens with zero attached hydrogens (tertiary/aromatic N) is 1. The van der Waals surface area contributed by atoms with Crippen molar-refractivity contribution in [3.8, 4) is 0 Å². The molecule has 35 heavy (non-hydrogen) atoms. The van der Waals surface area contributed by atoms with E-state index >= 15 is 0 Å². The van der Waals surface area contributed by atoms with Crippen LogP contribution in [0.3, 0.4) is 0 Å². The van der Waals surface area contributed by atoms with Crippen LogP contribution in [0.1, 0.15) is 22.3 Å². The van der Waals surface area contributed by atoms with Gasteiger partial charge in [-0.25, -0.2) is 0 Å². The zero-order chi connectivity index (χ0) is 24.5. The lowest BCUT2D eigenvalue weighted by Crippen LogP contribution is -2.18. The summed E-state index contributed by atoms with van der Waals surface area (Å²) < 4.78 is 0. The fraction of sp³-hybridized carbons (Fsp3) is 0.200. The van der Waals surface area contributed by atoms with Gasteiger partial charge in [-0.15, -0.1) is 0 Å². The van der Waals surface area contributed by atoms with Gasteiger partial charge in [0.1, 0.15) is 6.73 Å². The van der Waals surface area contributed by atoms with Crippen molar-refractivity contribution in [1.82, 2.24) is 5.48 Å². The van der Waals surface area contributed by atoms with Crippen molar-refractivity contribution < 1.29 is 9.68 Å². The topological polar surface area (TPSA) is 45.8 Å². The number of nitrogens with one attached hydrogen (secondary N) is 2. The van der Waals surface area contributed by atoms with Gasteiger partial charge in [-0.3, -0.25) is 10.3 Å². The number of aryl methyl sites for hydroxylation is 4. The van der Waals surface area contributed by atoms with Crippen LogP contribution in [0.4, 0.5) is 22.7 Å². The molecule has 0 saturated carbocycles. The Morgan fingerprint density at radius 1 is 0.657 bits per heavy atom. The molecule has 0 aliphatic rings. The first-order valence-electron chi connectivity index (χ1n) is 11.9. The van der Waals surface area contributed by atoms with Gasteiger partial charge >= 0.3 is 0 Å². The van der Waals surface area contributed by atoms with Crippen LogP contribution in [0.25, 0.3) is 0 Å². The Balaban J connectivity index is 1.45. The lowest BCUT2D eigenvalue weighted by atomic mass is 10.0. The summed E-state index contributed by atoms with van der Waals surface area (Å²) in [5, 5.41) is 0. The molecule has 4 aromatic rings. The molecule has 0 fully saturated rings. The minimum Gasteiger partial charge on any atom is -0.311 e. The molecular weight excluding hydrogens is 434 g/mol. The molecule has 0 spiro atoms. The standard InChI is InChI=1S/C30H33N3O2/c1-23-7-15-28(16-8-23)33(29-17-9-24(2)10-18-29)30-19-13-25(14-20-30)11-12-26-5-4-6-27(21-26)32-35-22-31-34-3/h4-10,13-21,31-32H,11-12,22H2,1-3H3. The predicted molar refractivity (Wildman–Crippen MR) is 144 cm³/mol. The van der Waals surface area contributed by atoms with Crippen LogP contribution in [-0.2, 0) is 22.5 Å². The quantitative estimate of drug-likeness (QED) is 0.141. The van der Waals surface area contributed by atoms with E-state index in [2.05, 4.69) is 115 Å². The van der Waals surface area contributed by atoms with E-state index in [-0.39, 0.29) is 6.73 Å². The smallest absolute Gasteiger partial charge is 0.147 e. The lowest BCUT2D eigenvalue weighted by molar-refractivity contribution is 0.0111. The van der Waals surface area contributed by atoms with Gasteiger partial charge in [0.05, 0.1) is 12.8 Å². The molecule has 0 bridgehead atoms. The van der Waals surface area contributed by atoms with E-state index in [0.29, 0.717) is 0 Å². The molecule has 4 aromatic carbocycles. The fourth-order valence-electron chi connectivity index (χ4n) is 3.93. The Hall–Kier alpha value is -3.64. The lowest BCUT2D eigenvalue weighted by Gasteiger charge is -2.26. The highest BCUT2D eigenvalue weighted by Crippen LogP contribution is 2.34. The molecule has 0 atom stereocenters. The summed E-state index contributed by atoms with van der Waals surface area (Å²) in [4.78, 5) is 12.4. The molecule has 180 valence electrons. The van der Waals surface area contributed by atoms with E-state index in [4.69, 9.17) is 9.68 Å². The van der Waals surface area contributed by atoms with Gasteiger partial charge in [-0.2, -0.15) is 5.48 Å². The van der Waals surface area contributed by atoms with E-state index < -0.39 is 0 Å². The molecule has 4 rings (SSSR count). The number of hydroxylamine groups is 1. The van der Waals surface area contributed by atoms with E-state index in [9.17, 15) is 0 Å². The van der Waals surface area contributed by atoms with E-state index in [0.717, 1.165) is 35.6 Å². The summed E-state index contributed by atoms with van der Waals surface area (Å²) in [5.41, 5.74) is 15.0. The van der Waals surface area contributed by atoms with Crippen molar-refractivity contribution in [2.75, 3.05) is 24.2 Å². The Morgan fingerprint density at radius 2 is 1.20 bits per heavy atom. The molecule has 0 radical (unpaired) electrons. The Labute approximate surface area is 208 Å². The average molecular weight is 468 g/mol. The zero-order valence-electron chi connectivity index (χ0n) is 20.6. The normalized spacial score (nSPS) is 10.8. The first kappa shape index (κ1) is 24.5. The largest absolute Gasteiger partial charge is 0.311 e. The van der Waals surface area contributed by atoms with Crippen molar-refractivity contribution in [3.05, 3.63) is 119 Å². The number of hydrogen-bond acceptors (Lipinski definition) is 5. The van der Waals surface area contributed by atoms with Crippen molar-refractivity contribution in [2.45, 2.75) is 26.7 Å². The maximum atomic E-state index is 5.31. The van der Waals surface area contributed by atoms with Crippen molar-refractivity contribution in [3.63, 3.8) is 0 Å². The predicted octanol–water partition coefficient (Wildman–Crippen LogP) is 7.01. The number of benzene rings is 4. The van der Waals surface area contributed by atoms with Crippen molar-refractivity contribution in [1.29, 1.82) is 0 Å².